The molecule has 0 saturated carbocycles. The van der Waals surface area contributed by atoms with E-state index in [1.54, 1.807) is 41.8 Å². The van der Waals surface area contributed by atoms with Crippen molar-refractivity contribution in [2.24, 2.45) is 0 Å². The van der Waals surface area contributed by atoms with Crippen LogP contribution in [0.1, 0.15) is 32.7 Å². The Hall–Kier alpha value is -3.03. The third-order valence-corrected chi connectivity index (χ3v) is 5.48. The lowest BCUT2D eigenvalue weighted by Crippen LogP contribution is -2.24. The van der Waals surface area contributed by atoms with Crippen LogP contribution in [0.4, 0.5) is 5.69 Å². The van der Waals surface area contributed by atoms with E-state index in [0.717, 1.165) is 12.0 Å². The van der Waals surface area contributed by atoms with Gasteiger partial charge in [0.15, 0.2) is 11.5 Å². The summed E-state index contributed by atoms with van der Waals surface area (Å²) in [6.07, 6.45) is 0.783. The SMILES string of the molecule is O=C(Nc1ccccc1C(=O)NCc1cc(Cl)c2c(c1)OCCCO2)c1ccsc1. The average Bonchev–Trinajstić information content (AvgIpc) is 3.18. The zero-order valence-electron chi connectivity index (χ0n) is 15.9. The van der Waals surface area contributed by atoms with Crippen LogP contribution in [0.15, 0.2) is 53.2 Å². The molecule has 0 unspecified atom stereocenters. The summed E-state index contributed by atoms with van der Waals surface area (Å²) in [5.74, 6) is 0.545. The number of amides is 2. The lowest BCUT2D eigenvalue weighted by atomic mass is 10.1. The van der Waals surface area contributed by atoms with E-state index in [2.05, 4.69) is 10.6 Å². The number of hydrogen-bond donors (Lipinski definition) is 2. The molecule has 30 heavy (non-hydrogen) atoms. The van der Waals surface area contributed by atoms with E-state index < -0.39 is 0 Å². The Balaban J connectivity index is 1.47. The molecular formula is C22H19ClN2O4S. The molecule has 8 heteroatoms. The third kappa shape index (κ3) is 4.58. The summed E-state index contributed by atoms with van der Waals surface area (Å²) >= 11 is 7.76. The number of ether oxygens (including phenoxy) is 2. The van der Waals surface area contributed by atoms with E-state index in [1.807, 2.05) is 11.4 Å². The standard InChI is InChI=1S/C22H19ClN2O4S/c23-17-10-14(11-19-20(17)29-8-3-7-28-19)12-24-22(27)16-4-1-2-5-18(16)25-21(26)15-6-9-30-13-15/h1-2,4-6,9-11,13H,3,7-8,12H2,(H,24,27)(H,25,26). The van der Waals surface area contributed by atoms with Gasteiger partial charge in [-0.3, -0.25) is 9.59 Å². The van der Waals surface area contributed by atoms with Gasteiger partial charge in [0.1, 0.15) is 0 Å². The van der Waals surface area contributed by atoms with Gasteiger partial charge in [0, 0.05) is 18.3 Å². The summed E-state index contributed by atoms with van der Waals surface area (Å²) < 4.78 is 11.3. The van der Waals surface area contributed by atoms with E-state index >= 15 is 0 Å². The van der Waals surface area contributed by atoms with E-state index in [9.17, 15) is 9.59 Å². The zero-order valence-corrected chi connectivity index (χ0v) is 17.5. The molecule has 1 aromatic heterocycles. The molecule has 154 valence electrons. The minimum absolute atomic E-state index is 0.252. The monoisotopic (exact) mass is 442 g/mol. The molecule has 1 aliphatic heterocycles. The first-order valence-corrected chi connectivity index (χ1v) is 10.7. The molecule has 0 spiro atoms. The van der Waals surface area contributed by atoms with E-state index in [-0.39, 0.29) is 18.4 Å². The fraction of sp³-hybridized carbons (Fsp3) is 0.182. The maximum atomic E-state index is 12.8. The highest BCUT2D eigenvalue weighted by Crippen LogP contribution is 2.38. The zero-order chi connectivity index (χ0) is 20.9. The quantitative estimate of drug-likeness (QED) is 0.598. The predicted octanol–water partition coefficient (Wildman–Crippen LogP) is 4.75. The second-order valence-electron chi connectivity index (χ2n) is 6.65. The molecule has 2 aromatic carbocycles. The first-order valence-electron chi connectivity index (χ1n) is 9.40. The maximum Gasteiger partial charge on any atom is 0.256 e. The molecule has 6 nitrogen and oxygen atoms in total. The van der Waals surface area contributed by atoms with Crippen LogP contribution in [-0.4, -0.2) is 25.0 Å². The fourth-order valence-corrected chi connectivity index (χ4v) is 3.97. The number of rotatable bonds is 5. The van der Waals surface area contributed by atoms with Crippen molar-refractivity contribution in [1.82, 2.24) is 5.32 Å². The van der Waals surface area contributed by atoms with Gasteiger partial charge in [0.05, 0.1) is 35.1 Å². The molecule has 0 bridgehead atoms. The topological polar surface area (TPSA) is 76.7 Å². The van der Waals surface area contributed by atoms with Gasteiger partial charge in [0.2, 0.25) is 0 Å². The van der Waals surface area contributed by atoms with Gasteiger partial charge in [0.25, 0.3) is 11.8 Å². The number of nitrogens with one attached hydrogen (secondary N) is 2. The van der Waals surface area contributed by atoms with Crippen LogP contribution in [0.2, 0.25) is 5.02 Å². The van der Waals surface area contributed by atoms with Crippen LogP contribution >= 0.6 is 22.9 Å². The van der Waals surface area contributed by atoms with Gasteiger partial charge in [-0.2, -0.15) is 11.3 Å². The largest absolute Gasteiger partial charge is 0.489 e. The van der Waals surface area contributed by atoms with Crippen molar-refractivity contribution in [2.45, 2.75) is 13.0 Å². The first kappa shape index (κ1) is 20.3. The van der Waals surface area contributed by atoms with Crippen molar-refractivity contribution in [3.8, 4) is 11.5 Å². The summed E-state index contributed by atoms with van der Waals surface area (Å²) in [6.45, 7) is 1.36. The van der Waals surface area contributed by atoms with Crippen LogP contribution in [0.25, 0.3) is 0 Å². The lowest BCUT2D eigenvalue weighted by molar-refractivity contribution is 0.0951. The number of fused-ring (bicyclic) bond motifs is 1. The number of para-hydroxylation sites is 1. The highest BCUT2D eigenvalue weighted by Gasteiger charge is 2.17. The van der Waals surface area contributed by atoms with Gasteiger partial charge in [-0.15, -0.1) is 0 Å². The van der Waals surface area contributed by atoms with Gasteiger partial charge in [-0.05, 0) is 41.3 Å². The molecule has 0 atom stereocenters. The third-order valence-electron chi connectivity index (χ3n) is 4.52. The second kappa shape index (κ2) is 9.19. The Kier molecular flexibility index (Phi) is 6.21. The van der Waals surface area contributed by atoms with E-state index in [0.29, 0.717) is 46.5 Å². The highest BCUT2D eigenvalue weighted by molar-refractivity contribution is 7.08. The Morgan fingerprint density at radius 3 is 2.73 bits per heavy atom. The minimum atomic E-state index is -0.306. The Morgan fingerprint density at radius 1 is 1.07 bits per heavy atom. The Labute approximate surface area is 182 Å². The lowest BCUT2D eigenvalue weighted by Gasteiger charge is -2.13. The molecule has 0 aliphatic carbocycles. The molecule has 4 rings (SSSR count). The summed E-state index contributed by atoms with van der Waals surface area (Å²) in [5, 5.41) is 9.70. The predicted molar refractivity (Wildman–Crippen MR) is 117 cm³/mol. The molecule has 0 saturated heterocycles. The summed E-state index contributed by atoms with van der Waals surface area (Å²) in [5.41, 5.74) is 2.17. The average molecular weight is 443 g/mol. The van der Waals surface area contributed by atoms with E-state index in [1.165, 1.54) is 11.3 Å². The number of thiophene rings is 1. The summed E-state index contributed by atoms with van der Waals surface area (Å²) in [7, 11) is 0. The van der Waals surface area contributed by atoms with Crippen molar-refractivity contribution < 1.29 is 19.1 Å². The molecule has 2 N–H and O–H groups in total. The normalized spacial score (nSPS) is 12.7. The highest BCUT2D eigenvalue weighted by atomic mass is 35.5. The fourth-order valence-electron chi connectivity index (χ4n) is 3.04. The maximum absolute atomic E-state index is 12.8. The van der Waals surface area contributed by atoms with Crippen molar-refractivity contribution >= 4 is 40.4 Å². The van der Waals surface area contributed by atoms with Crippen LogP contribution in [0.3, 0.4) is 0 Å². The first-order chi connectivity index (χ1) is 14.6. The van der Waals surface area contributed by atoms with Crippen LogP contribution < -0.4 is 20.1 Å². The summed E-state index contributed by atoms with van der Waals surface area (Å²) in [6, 6.07) is 12.2. The van der Waals surface area contributed by atoms with Crippen molar-refractivity contribution in [3.63, 3.8) is 0 Å². The van der Waals surface area contributed by atoms with Crippen molar-refractivity contribution in [3.05, 3.63) is 74.9 Å². The van der Waals surface area contributed by atoms with Gasteiger partial charge < -0.3 is 20.1 Å². The van der Waals surface area contributed by atoms with Crippen LogP contribution in [-0.2, 0) is 6.54 Å². The summed E-state index contributed by atoms with van der Waals surface area (Å²) in [4.78, 5) is 25.1. The number of benzene rings is 2. The molecule has 2 amide bonds. The number of carbonyl (C=O) groups excluding carboxylic acids is 2. The van der Waals surface area contributed by atoms with E-state index in [4.69, 9.17) is 21.1 Å². The van der Waals surface area contributed by atoms with Crippen molar-refractivity contribution in [2.75, 3.05) is 18.5 Å². The van der Waals surface area contributed by atoms with Crippen LogP contribution in [0, 0.1) is 0 Å². The Bertz CT molecular complexity index is 1070. The molecular weight excluding hydrogens is 424 g/mol. The number of carbonyl (C=O) groups is 2. The molecule has 0 radical (unpaired) electrons. The Morgan fingerprint density at radius 2 is 1.90 bits per heavy atom. The second-order valence-corrected chi connectivity index (χ2v) is 7.84. The molecule has 1 aliphatic rings. The molecule has 0 fully saturated rings. The van der Waals surface area contributed by atoms with Crippen LogP contribution in [0.5, 0.6) is 11.5 Å². The number of anilines is 1. The number of halogens is 1. The molecule has 3 aromatic rings. The van der Waals surface area contributed by atoms with Gasteiger partial charge in [-0.25, -0.2) is 0 Å². The minimum Gasteiger partial charge on any atom is -0.489 e. The number of hydrogen-bond acceptors (Lipinski definition) is 5. The smallest absolute Gasteiger partial charge is 0.256 e. The van der Waals surface area contributed by atoms with Gasteiger partial charge in [-0.1, -0.05) is 23.7 Å². The van der Waals surface area contributed by atoms with Gasteiger partial charge >= 0.3 is 0 Å². The van der Waals surface area contributed by atoms with Crippen molar-refractivity contribution in [1.29, 1.82) is 0 Å². The molecule has 2 heterocycles.